The van der Waals surface area contributed by atoms with Gasteiger partial charge in [-0.15, -0.1) is 0 Å². The Morgan fingerprint density at radius 3 is 2.47 bits per heavy atom. The zero-order valence-corrected chi connectivity index (χ0v) is 20.6. The predicted molar refractivity (Wildman–Crippen MR) is 129 cm³/mol. The monoisotopic (exact) mass is 493 g/mol. The fourth-order valence-electron chi connectivity index (χ4n) is 4.92. The van der Waals surface area contributed by atoms with Gasteiger partial charge in [0.15, 0.2) is 5.78 Å². The molecule has 188 valence electrons. The molecule has 1 aliphatic heterocycles. The van der Waals surface area contributed by atoms with Crippen molar-refractivity contribution in [3.05, 3.63) is 88.0 Å². The van der Waals surface area contributed by atoms with E-state index in [1.165, 1.54) is 25.3 Å². The molecule has 0 unspecified atom stereocenters. The molecule has 36 heavy (non-hydrogen) atoms. The highest BCUT2D eigenvalue weighted by Gasteiger charge is 2.47. The number of ether oxygens (including phenoxy) is 3. The molecule has 0 aromatic heterocycles. The van der Waals surface area contributed by atoms with Crippen LogP contribution in [0, 0.1) is 17.7 Å². The zero-order valence-electron chi connectivity index (χ0n) is 20.6. The van der Waals surface area contributed by atoms with Crippen LogP contribution in [0.4, 0.5) is 4.39 Å². The number of ketones is 1. The average Bonchev–Trinajstić information content (AvgIpc) is 2.86. The van der Waals surface area contributed by atoms with E-state index in [2.05, 4.69) is 5.32 Å². The Morgan fingerprint density at radius 2 is 1.83 bits per heavy atom. The van der Waals surface area contributed by atoms with Gasteiger partial charge in [0.05, 0.1) is 19.8 Å². The van der Waals surface area contributed by atoms with E-state index in [-0.39, 0.29) is 23.7 Å². The van der Waals surface area contributed by atoms with Crippen LogP contribution in [-0.4, -0.2) is 31.9 Å². The number of esters is 2. The third kappa shape index (κ3) is 4.76. The van der Waals surface area contributed by atoms with E-state index in [4.69, 9.17) is 14.2 Å². The molecular formula is C28H28FNO6. The van der Waals surface area contributed by atoms with Gasteiger partial charge in [-0.25, -0.2) is 9.18 Å². The largest absolute Gasteiger partial charge is 0.497 e. The summed E-state index contributed by atoms with van der Waals surface area (Å²) >= 11 is 0. The molecule has 1 heterocycles. The van der Waals surface area contributed by atoms with Crippen LogP contribution in [0.1, 0.15) is 37.3 Å². The van der Waals surface area contributed by atoms with Gasteiger partial charge in [0, 0.05) is 22.9 Å². The Hall–Kier alpha value is -3.94. The standard InChI is InChI=1S/C28H28FNO6/c1-15-12-21-25(26(31)22(15)27(32)35-4)24(18-6-5-7-19(29)13-18)23(16(2)30-21)28(33)36-14-17-8-10-20(34-3)11-9-17/h5-11,13,15,22,24,30H,12,14H2,1-4H3/t15-,22+,24-/m1/s1. The summed E-state index contributed by atoms with van der Waals surface area (Å²) in [6, 6.07) is 12.9. The van der Waals surface area contributed by atoms with Gasteiger partial charge >= 0.3 is 11.9 Å². The number of nitrogens with one attached hydrogen (secondary N) is 1. The van der Waals surface area contributed by atoms with Gasteiger partial charge in [-0.3, -0.25) is 9.59 Å². The van der Waals surface area contributed by atoms with Gasteiger partial charge in [-0.05, 0) is 54.7 Å². The molecule has 0 spiro atoms. The molecule has 1 N–H and O–H groups in total. The Balaban J connectivity index is 1.72. The summed E-state index contributed by atoms with van der Waals surface area (Å²) in [6.07, 6.45) is 0.401. The average molecular weight is 494 g/mol. The fourth-order valence-corrected chi connectivity index (χ4v) is 4.92. The Bertz CT molecular complexity index is 1260. The number of dihydropyridines is 1. The molecule has 2 aromatic carbocycles. The Labute approximate surface area is 208 Å². The second kappa shape index (κ2) is 10.4. The second-order valence-corrected chi connectivity index (χ2v) is 9.01. The van der Waals surface area contributed by atoms with Crippen LogP contribution >= 0.6 is 0 Å². The lowest BCUT2D eigenvalue weighted by atomic mass is 9.69. The second-order valence-electron chi connectivity index (χ2n) is 9.01. The smallest absolute Gasteiger partial charge is 0.337 e. The maximum Gasteiger partial charge on any atom is 0.337 e. The minimum absolute atomic E-state index is 0.00283. The molecule has 0 radical (unpaired) electrons. The van der Waals surface area contributed by atoms with Gasteiger partial charge in [0.1, 0.15) is 24.1 Å². The van der Waals surface area contributed by atoms with E-state index in [0.717, 1.165) is 5.56 Å². The van der Waals surface area contributed by atoms with Crippen molar-refractivity contribution in [2.75, 3.05) is 14.2 Å². The third-order valence-electron chi connectivity index (χ3n) is 6.67. The lowest BCUT2D eigenvalue weighted by Crippen LogP contribution is -2.43. The maximum absolute atomic E-state index is 14.3. The van der Waals surface area contributed by atoms with E-state index in [1.54, 1.807) is 51.3 Å². The van der Waals surface area contributed by atoms with Gasteiger partial charge in [0.2, 0.25) is 0 Å². The highest BCUT2D eigenvalue weighted by Crippen LogP contribution is 2.45. The van der Waals surface area contributed by atoms with E-state index in [0.29, 0.717) is 29.1 Å². The molecule has 1 aliphatic carbocycles. The number of halogens is 1. The van der Waals surface area contributed by atoms with Crippen LogP contribution < -0.4 is 10.1 Å². The highest BCUT2D eigenvalue weighted by molar-refractivity contribution is 6.12. The van der Waals surface area contributed by atoms with Gasteiger partial charge in [-0.1, -0.05) is 31.2 Å². The summed E-state index contributed by atoms with van der Waals surface area (Å²) in [6.45, 7) is 3.53. The quantitative estimate of drug-likeness (QED) is 0.477. The summed E-state index contributed by atoms with van der Waals surface area (Å²) in [4.78, 5) is 39.6. The molecule has 0 amide bonds. The zero-order chi connectivity index (χ0) is 26.0. The minimum Gasteiger partial charge on any atom is -0.497 e. The normalized spacial score (nSPS) is 21.5. The van der Waals surface area contributed by atoms with Crippen molar-refractivity contribution in [3.63, 3.8) is 0 Å². The topological polar surface area (TPSA) is 90.9 Å². The number of Topliss-reactive ketones (excluding diaryl/α,β-unsaturated/α-hetero) is 1. The Kier molecular flexibility index (Phi) is 7.24. The number of rotatable bonds is 6. The number of carbonyl (C=O) groups is 3. The molecule has 0 fully saturated rings. The van der Waals surface area contributed by atoms with Crippen LogP contribution in [0.3, 0.4) is 0 Å². The number of hydrogen-bond donors (Lipinski definition) is 1. The summed E-state index contributed by atoms with van der Waals surface area (Å²) in [5.74, 6) is -3.75. The van der Waals surface area contributed by atoms with Crippen molar-refractivity contribution in [1.29, 1.82) is 0 Å². The van der Waals surface area contributed by atoms with Gasteiger partial charge in [0.25, 0.3) is 0 Å². The van der Waals surface area contributed by atoms with Crippen LogP contribution in [-0.2, 0) is 30.5 Å². The van der Waals surface area contributed by atoms with Crippen LogP contribution in [0.5, 0.6) is 5.75 Å². The lowest BCUT2D eigenvalue weighted by Gasteiger charge is -2.38. The van der Waals surface area contributed by atoms with Crippen molar-refractivity contribution in [2.24, 2.45) is 11.8 Å². The van der Waals surface area contributed by atoms with Crippen molar-refractivity contribution < 1.29 is 33.0 Å². The SMILES string of the molecule is COC(=O)[C@@H]1C(=O)C2=C(C[C@H]1C)NC(C)=C(C(=O)OCc1ccc(OC)cc1)[C@H]2c1cccc(F)c1. The molecule has 2 aromatic rings. The Morgan fingerprint density at radius 1 is 1.11 bits per heavy atom. The van der Waals surface area contributed by atoms with Crippen LogP contribution in [0.25, 0.3) is 0 Å². The molecule has 8 heteroatoms. The molecule has 7 nitrogen and oxygen atoms in total. The number of allylic oxidation sites excluding steroid dienone is 3. The molecule has 2 aliphatic rings. The number of methoxy groups -OCH3 is 2. The highest BCUT2D eigenvalue weighted by atomic mass is 19.1. The third-order valence-corrected chi connectivity index (χ3v) is 6.67. The van der Waals surface area contributed by atoms with E-state index in [1.807, 2.05) is 0 Å². The first-order valence-corrected chi connectivity index (χ1v) is 11.6. The van der Waals surface area contributed by atoms with E-state index < -0.39 is 35.4 Å². The van der Waals surface area contributed by atoms with Crippen LogP contribution in [0.2, 0.25) is 0 Å². The molecule has 4 rings (SSSR count). The fraction of sp³-hybridized carbons (Fsp3) is 0.321. The molecular weight excluding hydrogens is 465 g/mol. The molecule has 3 atom stereocenters. The molecule has 0 bridgehead atoms. The number of carbonyl (C=O) groups excluding carboxylic acids is 3. The van der Waals surface area contributed by atoms with Crippen molar-refractivity contribution in [1.82, 2.24) is 5.32 Å². The van der Waals surface area contributed by atoms with E-state index >= 15 is 0 Å². The minimum atomic E-state index is -1.01. The first-order chi connectivity index (χ1) is 17.2. The summed E-state index contributed by atoms with van der Waals surface area (Å²) in [7, 11) is 2.80. The summed E-state index contributed by atoms with van der Waals surface area (Å²) in [5, 5.41) is 3.19. The van der Waals surface area contributed by atoms with Crippen LogP contribution in [0.15, 0.2) is 71.1 Å². The van der Waals surface area contributed by atoms with Gasteiger partial charge in [-0.2, -0.15) is 0 Å². The van der Waals surface area contributed by atoms with Gasteiger partial charge < -0.3 is 19.5 Å². The van der Waals surface area contributed by atoms with Crippen molar-refractivity contribution in [3.8, 4) is 5.75 Å². The maximum atomic E-state index is 14.3. The molecule has 0 saturated heterocycles. The molecule has 0 saturated carbocycles. The van der Waals surface area contributed by atoms with E-state index in [9.17, 15) is 18.8 Å². The summed E-state index contributed by atoms with van der Waals surface area (Å²) < 4.78 is 30.0. The predicted octanol–water partition coefficient (Wildman–Crippen LogP) is 4.19. The van der Waals surface area contributed by atoms with Crippen molar-refractivity contribution >= 4 is 17.7 Å². The first-order valence-electron chi connectivity index (χ1n) is 11.6. The number of benzene rings is 2. The number of hydrogen-bond acceptors (Lipinski definition) is 7. The summed E-state index contributed by atoms with van der Waals surface area (Å²) in [5.41, 5.74) is 2.76. The first kappa shape index (κ1) is 25.2. The lowest BCUT2D eigenvalue weighted by molar-refractivity contribution is -0.151. The van der Waals surface area contributed by atoms with Crippen molar-refractivity contribution in [2.45, 2.75) is 32.8 Å².